The van der Waals surface area contributed by atoms with Crippen molar-refractivity contribution in [3.63, 3.8) is 0 Å². The fraction of sp³-hybridized carbons (Fsp3) is 0.240. The average Bonchev–Trinajstić information content (AvgIpc) is 3.43. The molecule has 2 aromatic carbocycles. The van der Waals surface area contributed by atoms with Crippen molar-refractivity contribution in [3.8, 4) is 0 Å². The number of aromatic amines is 1. The van der Waals surface area contributed by atoms with E-state index in [0.29, 0.717) is 10.7 Å². The molecule has 0 bridgehead atoms. The van der Waals surface area contributed by atoms with Crippen molar-refractivity contribution in [2.45, 2.75) is 6.42 Å². The van der Waals surface area contributed by atoms with Crippen LogP contribution in [0.4, 0.5) is 17.2 Å². The Labute approximate surface area is 201 Å². The molecule has 174 valence electrons. The van der Waals surface area contributed by atoms with Crippen molar-refractivity contribution in [2.75, 3.05) is 48.8 Å². The largest absolute Gasteiger partial charge is 0.369 e. The Balaban J connectivity index is 1.22. The third-order valence-corrected chi connectivity index (χ3v) is 6.98. The van der Waals surface area contributed by atoms with Crippen LogP contribution in [0.15, 0.2) is 60.7 Å². The molecule has 1 saturated heterocycles. The number of likely N-dealkylation sites (N-methyl/N-ethyl adjacent to an activating group) is 1. The van der Waals surface area contributed by atoms with E-state index in [2.05, 4.69) is 37.7 Å². The summed E-state index contributed by atoms with van der Waals surface area (Å²) < 4.78 is 0. The Kier molecular flexibility index (Phi) is 6.29. The second-order valence-electron chi connectivity index (χ2n) is 8.43. The molecule has 34 heavy (non-hydrogen) atoms. The van der Waals surface area contributed by atoms with Crippen LogP contribution in [0.1, 0.15) is 15.2 Å². The average molecular weight is 475 g/mol. The molecule has 1 fully saturated rings. The van der Waals surface area contributed by atoms with Crippen LogP contribution in [0.2, 0.25) is 0 Å². The number of thiophene rings is 1. The maximum atomic E-state index is 12.8. The summed E-state index contributed by atoms with van der Waals surface area (Å²) in [5, 5.41) is 13.6. The van der Waals surface area contributed by atoms with Crippen LogP contribution < -0.4 is 15.5 Å². The fourth-order valence-corrected chi connectivity index (χ4v) is 4.89. The number of hydrogen-bond donors (Lipinski definition) is 3. The molecule has 2 amide bonds. The van der Waals surface area contributed by atoms with Gasteiger partial charge in [-0.2, -0.15) is 5.10 Å². The van der Waals surface area contributed by atoms with Gasteiger partial charge >= 0.3 is 0 Å². The van der Waals surface area contributed by atoms with Crippen LogP contribution in [0.25, 0.3) is 10.2 Å². The number of benzene rings is 2. The van der Waals surface area contributed by atoms with Gasteiger partial charge < -0.3 is 20.4 Å². The molecule has 1 aliphatic heterocycles. The number of hydrogen-bond acceptors (Lipinski definition) is 6. The molecular weight excluding hydrogens is 448 g/mol. The smallest absolute Gasteiger partial charge is 0.265 e. The van der Waals surface area contributed by atoms with Gasteiger partial charge in [-0.25, -0.2) is 0 Å². The first-order chi connectivity index (χ1) is 16.5. The maximum Gasteiger partial charge on any atom is 0.265 e. The Bertz CT molecular complexity index is 1290. The standard InChI is InChI=1S/C25H26N6O2S/c1-30-11-13-31(14-12-30)19-9-7-18(8-10-19)26-24(33)21-16-20-23(28-29-25(20)34-21)27-22(32)15-17-5-3-2-4-6-17/h2-10,16H,11-15H2,1H3,(H,26,33)(H2,27,28,29,32). The molecule has 0 radical (unpaired) electrons. The first-order valence-electron chi connectivity index (χ1n) is 11.2. The molecule has 5 rings (SSSR count). The van der Waals surface area contributed by atoms with Gasteiger partial charge in [-0.3, -0.25) is 14.7 Å². The fourth-order valence-electron chi connectivity index (χ4n) is 3.99. The number of piperazine rings is 1. The van der Waals surface area contributed by atoms with Crippen LogP contribution in [0.3, 0.4) is 0 Å². The zero-order chi connectivity index (χ0) is 23.5. The summed E-state index contributed by atoms with van der Waals surface area (Å²) in [5.41, 5.74) is 2.84. The SMILES string of the molecule is CN1CCN(c2ccc(NC(=O)c3cc4c(NC(=O)Cc5ccccc5)n[nH]c4s3)cc2)CC1. The van der Waals surface area contributed by atoms with Gasteiger partial charge in [-0.15, -0.1) is 11.3 Å². The van der Waals surface area contributed by atoms with Gasteiger partial charge in [0.25, 0.3) is 5.91 Å². The van der Waals surface area contributed by atoms with Crippen LogP contribution in [-0.4, -0.2) is 60.1 Å². The number of carbonyl (C=O) groups excluding carboxylic acids is 2. The molecule has 3 heterocycles. The van der Waals surface area contributed by atoms with E-state index in [0.717, 1.165) is 53.3 Å². The van der Waals surface area contributed by atoms with Crippen molar-refractivity contribution in [3.05, 3.63) is 71.1 Å². The minimum absolute atomic E-state index is 0.155. The highest BCUT2D eigenvalue weighted by Gasteiger charge is 2.18. The highest BCUT2D eigenvalue weighted by Crippen LogP contribution is 2.30. The number of H-pyrrole nitrogens is 1. The third kappa shape index (κ3) is 4.95. The number of nitrogens with one attached hydrogen (secondary N) is 3. The molecule has 2 aromatic heterocycles. The predicted molar refractivity (Wildman–Crippen MR) is 137 cm³/mol. The number of amides is 2. The normalized spacial score (nSPS) is 14.3. The van der Waals surface area contributed by atoms with E-state index in [1.807, 2.05) is 54.6 Å². The molecule has 0 atom stereocenters. The van der Waals surface area contributed by atoms with Crippen LogP contribution in [0.5, 0.6) is 0 Å². The lowest BCUT2D eigenvalue weighted by Crippen LogP contribution is -2.44. The lowest BCUT2D eigenvalue weighted by Gasteiger charge is -2.34. The second-order valence-corrected chi connectivity index (χ2v) is 9.48. The zero-order valence-corrected chi connectivity index (χ0v) is 19.7. The predicted octanol–water partition coefficient (Wildman–Crippen LogP) is 3.81. The van der Waals surface area contributed by atoms with E-state index in [1.165, 1.54) is 11.3 Å². The summed E-state index contributed by atoms with van der Waals surface area (Å²) in [6.45, 7) is 4.10. The van der Waals surface area contributed by atoms with Crippen molar-refractivity contribution in [1.82, 2.24) is 15.1 Å². The maximum absolute atomic E-state index is 12.8. The Morgan fingerprint density at radius 2 is 1.74 bits per heavy atom. The minimum Gasteiger partial charge on any atom is -0.369 e. The summed E-state index contributed by atoms with van der Waals surface area (Å²) >= 11 is 1.31. The molecule has 3 N–H and O–H groups in total. The second kappa shape index (κ2) is 9.66. The Hall–Kier alpha value is -3.69. The first-order valence-corrected chi connectivity index (χ1v) is 12.0. The molecule has 8 nitrogen and oxygen atoms in total. The molecule has 0 saturated carbocycles. The van der Waals surface area contributed by atoms with Gasteiger partial charge in [0.2, 0.25) is 5.91 Å². The van der Waals surface area contributed by atoms with Gasteiger partial charge in [0.1, 0.15) is 4.83 Å². The Morgan fingerprint density at radius 3 is 2.47 bits per heavy atom. The van der Waals surface area contributed by atoms with Crippen LogP contribution in [0, 0.1) is 0 Å². The summed E-state index contributed by atoms with van der Waals surface area (Å²) in [6, 6.07) is 19.2. The van der Waals surface area contributed by atoms with E-state index >= 15 is 0 Å². The summed E-state index contributed by atoms with van der Waals surface area (Å²) in [5.74, 6) is 0.0866. The van der Waals surface area contributed by atoms with E-state index < -0.39 is 0 Å². The van der Waals surface area contributed by atoms with Crippen LogP contribution >= 0.6 is 11.3 Å². The molecular formula is C25H26N6O2S. The van der Waals surface area contributed by atoms with Gasteiger partial charge in [0, 0.05) is 37.6 Å². The topological polar surface area (TPSA) is 93.4 Å². The summed E-state index contributed by atoms with van der Waals surface area (Å²) in [6.07, 6.45) is 0.261. The quantitative estimate of drug-likeness (QED) is 0.395. The number of carbonyl (C=O) groups is 2. The van der Waals surface area contributed by atoms with E-state index in [1.54, 1.807) is 6.07 Å². The number of rotatable bonds is 6. The van der Waals surface area contributed by atoms with E-state index in [4.69, 9.17) is 0 Å². The summed E-state index contributed by atoms with van der Waals surface area (Å²) in [7, 11) is 2.14. The van der Waals surface area contributed by atoms with E-state index in [9.17, 15) is 9.59 Å². The Morgan fingerprint density at radius 1 is 1.00 bits per heavy atom. The highest BCUT2D eigenvalue weighted by atomic mass is 32.1. The molecule has 4 aromatic rings. The molecule has 1 aliphatic rings. The number of nitrogens with zero attached hydrogens (tertiary/aromatic N) is 3. The van der Waals surface area contributed by atoms with Crippen LogP contribution in [-0.2, 0) is 11.2 Å². The number of fused-ring (bicyclic) bond motifs is 1. The minimum atomic E-state index is -0.191. The number of anilines is 3. The molecule has 0 spiro atoms. The van der Waals surface area contributed by atoms with Gasteiger partial charge in [-0.05, 0) is 42.9 Å². The molecule has 0 aliphatic carbocycles. The highest BCUT2D eigenvalue weighted by molar-refractivity contribution is 7.20. The lowest BCUT2D eigenvalue weighted by molar-refractivity contribution is -0.115. The van der Waals surface area contributed by atoms with Crippen molar-refractivity contribution in [2.24, 2.45) is 0 Å². The lowest BCUT2D eigenvalue weighted by atomic mass is 10.1. The van der Waals surface area contributed by atoms with Crippen molar-refractivity contribution < 1.29 is 9.59 Å². The van der Waals surface area contributed by atoms with Crippen molar-refractivity contribution in [1.29, 1.82) is 0 Å². The van der Waals surface area contributed by atoms with Gasteiger partial charge in [-0.1, -0.05) is 30.3 Å². The van der Waals surface area contributed by atoms with E-state index in [-0.39, 0.29) is 18.2 Å². The molecule has 9 heteroatoms. The summed E-state index contributed by atoms with van der Waals surface area (Å²) in [4.78, 5) is 31.2. The zero-order valence-electron chi connectivity index (χ0n) is 18.9. The van der Waals surface area contributed by atoms with Crippen molar-refractivity contribution >= 4 is 50.6 Å². The van der Waals surface area contributed by atoms with Gasteiger partial charge in [0.15, 0.2) is 5.82 Å². The number of aromatic nitrogens is 2. The van der Waals surface area contributed by atoms with Gasteiger partial charge in [0.05, 0.1) is 16.7 Å². The molecule has 0 unspecified atom stereocenters. The first kappa shape index (κ1) is 22.1. The third-order valence-electron chi connectivity index (χ3n) is 5.94. The monoisotopic (exact) mass is 474 g/mol.